The van der Waals surface area contributed by atoms with Gasteiger partial charge in [0.15, 0.2) is 0 Å². The second kappa shape index (κ2) is 4.26. The van der Waals surface area contributed by atoms with Crippen LogP contribution in [0.1, 0.15) is 34.1 Å². The van der Waals surface area contributed by atoms with Crippen molar-refractivity contribution in [1.29, 1.82) is 0 Å². The number of nitrogens with zero attached hydrogens (tertiary/aromatic N) is 2. The molecule has 0 spiro atoms. The molecule has 0 aliphatic carbocycles. The highest BCUT2D eigenvalue weighted by Gasteiger charge is 2.41. The Kier molecular flexibility index (Phi) is 3.23. The fourth-order valence-corrected chi connectivity index (χ4v) is 2.87. The number of hydroxylamine groups is 2. The van der Waals surface area contributed by atoms with E-state index in [1.165, 1.54) is 10.8 Å². The predicted molar refractivity (Wildman–Crippen MR) is 66.9 cm³/mol. The average molecular weight is 240 g/mol. The van der Waals surface area contributed by atoms with E-state index in [0.717, 1.165) is 32.7 Å². The van der Waals surface area contributed by atoms with E-state index in [-0.39, 0.29) is 11.1 Å². The van der Waals surface area contributed by atoms with Gasteiger partial charge in [-0.25, -0.2) is 0 Å². The van der Waals surface area contributed by atoms with Crippen molar-refractivity contribution in [3.05, 3.63) is 11.8 Å². The largest absolute Gasteiger partial charge is 0.378 e. The van der Waals surface area contributed by atoms with E-state index < -0.39 is 0 Å². The number of rotatable bonds is 1. The third-order valence-electron chi connectivity index (χ3n) is 3.67. The first-order chi connectivity index (χ1) is 7.83. The second-order valence-electron chi connectivity index (χ2n) is 6.19. The first-order valence-electron chi connectivity index (χ1n) is 6.37. The average Bonchev–Trinajstić information content (AvgIpc) is 2.26. The zero-order valence-corrected chi connectivity index (χ0v) is 11.4. The Morgan fingerprint density at radius 2 is 1.76 bits per heavy atom. The number of hydrogen-bond donors (Lipinski definition) is 1. The first-order valence-corrected chi connectivity index (χ1v) is 6.37. The molecule has 0 aromatic carbocycles. The summed E-state index contributed by atoms with van der Waals surface area (Å²) in [4.78, 5) is 2.39. The van der Waals surface area contributed by atoms with Crippen molar-refractivity contribution in [3.63, 3.8) is 0 Å². The Morgan fingerprint density at radius 1 is 1.18 bits per heavy atom. The maximum absolute atomic E-state index is 10.2. The van der Waals surface area contributed by atoms with Gasteiger partial charge in [0.1, 0.15) is 0 Å². The molecule has 0 aromatic rings. The molecular formula is C13H24N2O2. The lowest BCUT2D eigenvalue weighted by molar-refractivity contribution is -0.216. The van der Waals surface area contributed by atoms with Crippen LogP contribution < -0.4 is 0 Å². The van der Waals surface area contributed by atoms with Crippen molar-refractivity contribution in [2.24, 2.45) is 0 Å². The highest BCUT2D eigenvalue weighted by Crippen LogP contribution is 2.36. The van der Waals surface area contributed by atoms with Crippen LogP contribution in [0.3, 0.4) is 0 Å². The molecule has 17 heavy (non-hydrogen) atoms. The molecule has 1 fully saturated rings. The number of morpholine rings is 1. The van der Waals surface area contributed by atoms with Crippen LogP contribution in [0.25, 0.3) is 0 Å². The van der Waals surface area contributed by atoms with E-state index in [2.05, 4.69) is 24.8 Å². The van der Waals surface area contributed by atoms with Crippen molar-refractivity contribution in [2.75, 3.05) is 26.3 Å². The standard InChI is InChI=1S/C13H24N2O2/c1-12(2)9-11(10-13(3,4)15(12)16)14-5-7-17-8-6-14/h9,16H,5-8,10H2,1-4H3. The van der Waals surface area contributed by atoms with Crippen molar-refractivity contribution < 1.29 is 9.94 Å². The van der Waals surface area contributed by atoms with E-state index in [9.17, 15) is 5.21 Å². The van der Waals surface area contributed by atoms with Crippen LogP contribution in [-0.2, 0) is 4.74 Å². The van der Waals surface area contributed by atoms with E-state index in [0.29, 0.717) is 0 Å². The van der Waals surface area contributed by atoms with E-state index in [4.69, 9.17) is 4.74 Å². The minimum absolute atomic E-state index is 0.216. The Bertz CT molecular complexity index is 317. The van der Waals surface area contributed by atoms with E-state index in [1.807, 2.05) is 13.8 Å². The molecule has 0 aromatic heterocycles. The highest BCUT2D eigenvalue weighted by molar-refractivity contribution is 5.19. The summed E-state index contributed by atoms with van der Waals surface area (Å²) < 4.78 is 5.39. The van der Waals surface area contributed by atoms with Gasteiger partial charge >= 0.3 is 0 Å². The molecule has 1 saturated heterocycles. The number of hydrogen-bond acceptors (Lipinski definition) is 4. The van der Waals surface area contributed by atoms with Gasteiger partial charge in [-0.2, -0.15) is 5.06 Å². The van der Waals surface area contributed by atoms with Gasteiger partial charge in [-0.1, -0.05) is 0 Å². The third-order valence-corrected chi connectivity index (χ3v) is 3.67. The highest BCUT2D eigenvalue weighted by atomic mass is 16.5. The van der Waals surface area contributed by atoms with E-state index >= 15 is 0 Å². The van der Waals surface area contributed by atoms with Gasteiger partial charge in [0.2, 0.25) is 0 Å². The summed E-state index contributed by atoms with van der Waals surface area (Å²) in [5.41, 5.74) is 0.815. The summed E-state index contributed by atoms with van der Waals surface area (Å²) in [5.74, 6) is 0. The SMILES string of the molecule is CC1(C)C=C(N2CCOCC2)CC(C)(C)N1O. The molecule has 4 heteroatoms. The fraction of sp³-hybridized carbons (Fsp3) is 0.846. The maximum atomic E-state index is 10.2. The van der Waals surface area contributed by atoms with Gasteiger partial charge < -0.3 is 14.8 Å². The van der Waals surface area contributed by atoms with Crippen LogP contribution in [0, 0.1) is 0 Å². The molecule has 98 valence electrons. The maximum Gasteiger partial charge on any atom is 0.0642 e. The van der Waals surface area contributed by atoms with Gasteiger partial charge in [0.25, 0.3) is 0 Å². The summed E-state index contributed by atoms with van der Waals surface area (Å²) in [7, 11) is 0. The molecule has 0 unspecified atom stereocenters. The zero-order chi connectivity index (χ0) is 12.7. The Morgan fingerprint density at radius 3 is 2.29 bits per heavy atom. The molecule has 0 saturated carbocycles. The van der Waals surface area contributed by atoms with E-state index in [1.54, 1.807) is 0 Å². The van der Waals surface area contributed by atoms with Crippen LogP contribution in [0.2, 0.25) is 0 Å². The van der Waals surface area contributed by atoms with Gasteiger partial charge in [0.05, 0.1) is 18.8 Å². The third kappa shape index (κ3) is 2.49. The zero-order valence-electron chi connectivity index (χ0n) is 11.4. The molecule has 2 heterocycles. The second-order valence-corrected chi connectivity index (χ2v) is 6.19. The van der Waals surface area contributed by atoms with Gasteiger partial charge in [-0.15, -0.1) is 0 Å². The Hall–Kier alpha value is -0.580. The van der Waals surface area contributed by atoms with Gasteiger partial charge in [0, 0.05) is 30.7 Å². The Balaban J connectivity index is 2.22. The van der Waals surface area contributed by atoms with Crippen molar-refractivity contribution in [1.82, 2.24) is 9.96 Å². The summed E-state index contributed by atoms with van der Waals surface area (Å²) in [6, 6.07) is 0. The molecule has 1 N–H and O–H groups in total. The minimum Gasteiger partial charge on any atom is -0.378 e. The normalized spacial score (nSPS) is 29.0. The molecule has 2 rings (SSSR count). The van der Waals surface area contributed by atoms with Crippen molar-refractivity contribution in [2.45, 2.75) is 45.2 Å². The topological polar surface area (TPSA) is 35.9 Å². The van der Waals surface area contributed by atoms with Gasteiger partial charge in [-0.05, 0) is 33.8 Å². The van der Waals surface area contributed by atoms with Gasteiger partial charge in [-0.3, -0.25) is 0 Å². The molecule has 0 bridgehead atoms. The monoisotopic (exact) mass is 240 g/mol. The van der Waals surface area contributed by atoms with Crippen LogP contribution in [-0.4, -0.2) is 52.6 Å². The minimum atomic E-state index is -0.310. The lowest BCUT2D eigenvalue weighted by Crippen LogP contribution is -2.57. The molecule has 0 radical (unpaired) electrons. The summed E-state index contributed by atoms with van der Waals surface area (Å²) in [6.45, 7) is 11.8. The molecule has 4 nitrogen and oxygen atoms in total. The molecule has 2 aliphatic rings. The summed E-state index contributed by atoms with van der Waals surface area (Å²) >= 11 is 0. The molecular weight excluding hydrogens is 216 g/mol. The first kappa shape index (κ1) is 12.9. The molecule has 2 aliphatic heterocycles. The predicted octanol–water partition coefficient (Wildman–Crippen LogP) is 1.85. The number of ether oxygens (including phenoxy) is 1. The van der Waals surface area contributed by atoms with Crippen molar-refractivity contribution in [3.8, 4) is 0 Å². The summed E-state index contributed by atoms with van der Waals surface area (Å²) in [6.07, 6.45) is 3.07. The Labute approximate surface area is 104 Å². The quantitative estimate of drug-likeness (QED) is 0.759. The summed E-state index contributed by atoms with van der Waals surface area (Å²) in [5, 5.41) is 11.7. The van der Waals surface area contributed by atoms with Crippen LogP contribution in [0.15, 0.2) is 11.8 Å². The molecule has 0 atom stereocenters. The lowest BCUT2D eigenvalue weighted by atomic mass is 9.85. The van der Waals surface area contributed by atoms with Crippen molar-refractivity contribution >= 4 is 0 Å². The van der Waals surface area contributed by atoms with Crippen LogP contribution >= 0.6 is 0 Å². The molecule has 0 amide bonds. The van der Waals surface area contributed by atoms with Crippen LogP contribution in [0.4, 0.5) is 0 Å². The fourth-order valence-electron chi connectivity index (χ4n) is 2.87. The van der Waals surface area contributed by atoms with Crippen LogP contribution in [0.5, 0.6) is 0 Å². The lowest BCUT2D eigenvalue weighted by Gasteiger charge is -2.49. The smallest absolute Gasteiger partial charge is 0.0642 e.